The number of imidazole rings is 1. The van der Waals surface area contributed by atoms with Gasteiger partial charge in [-0.3, -0.25) is 0 Å². The SMILES string of the molecule is Fc1cc2[nH]c([C]3[CH][CH][CH][CH]3)nc2cc1N1CCN(c2ccccc2)CC1. The Labute approximate surface area is 159 Å². The number of anilines is 2. The number of nitrogens with one attached hydrogen (secondary N) is 1. The van der Waals surface area contributed by atoms with E-state index < -0.39 is 0 Å². The first-order valence-electron chi connectivity index (χ1n) is 9.24. The van der Waals surface area contributed by atoms with Crippen molar-refractivity contribution in [3.8, 4) is 0 Å². The molecule has 1 aromatic heterocycles. The van der Waals surface area contributed by atoms with E-state index in [4.69, 9.17) is 0 Å². The van der Waals surface area contributed by atoms with E-state index in [2.05, 4.69) is 44.0 Å². The molecule has 5 heteroatoms. The largest absolute Gasteiger partial charge is 0.368 e. The van der Waals surface area contributed by atoms with Gasteiger partial charge >= 0.3 is 0 Å². The summed E-state index contributed by atoms with van der Waals surface area (Å²) in [5.74, 6) is 1.60. The van der Waals surface area contributed by atoms with E-state index in [9.17, 15) is 4.39 Å². The quantitative estimate of drug-likeness (QED) is 0.773. The molecule has 5 rings (SSSR count). The molecule has 27 heavy (non-hydrogen) atoms. The zero-order valence-electron chi connectivity index (χ0n) is 14.9. The number of benzene rings is 2. The standard InChI is InChI=1S/C22H20FN4/c23-18-14-19-20(25-22(24-19)16-6-4-5-7-16)15-21(18)27-12-10-26(11-13-27)17-8-2-1-3-9-17/h1-9,14-15H,10-13H2,(H,24,25). The maximum Gasteiger partial charge on any atom is 0.148 e. The summed E-state index contributed by atoms with van der Waals surface area (Å²) in [6, 6.07) is 13.8. The molecule has 2 fully saturated rings. The molecule has 3 aromatic rings. The first-order chi connectivity index (χ1) is 13.3. The average Bonchev–Trinajstić information content (AvgIpc) is 3.37. The van der Waals surface area contributed by atoms with Crippen molar-refractivity contribution in [1.29, 1.82) is 0 Å². The molecule has 0 spiro atoms. The van der Waals surface area contributed by atoms with Crippen LogP contribution in [0.25, 0.3) is 11.0 Å². The number of nitrogens with zero attached hydrogens (tertiary/aromatic N) is 3. The lowest BCUT2D eigenvalue weighted by Gasteiger charge is -2.37. The van der Waals surface area contributed by atoms with E-state index in [1.807, 2.05) is 37.8 Å². The van der Waals surface area contributed by atoms with Gasteiger partial charge < -0.3 is 14.8 Å². The van der Waals surface area contributed by atoms with E-state index >= 15 is 0 Å². The number of para-hydroxylation sites is 1. The number of hydrogen-bond acceptors (Lipinski definition) is 3. The van der Waals surface area contributed by atoms with Gasteiger partial charge in [0.2, 0.25) is 0 Å². The summed E-state index contributed by atoms with van der Waals surface area (Å²) in [6.07, 6.45) is 7.94. The van der Waals surface area contributed by atoms with Crippen molar-refractivity contribution in [2.75, 3.05) is 36.0 Å². The summed E-state index contributed by atoms with van der Waals surface area (Å²) in [5.41, 5.74) is 3.39. The van der Waals surface area contributed by atoms with Crippen LogP contribution in [0.1, 0.15) is 5.82 Å². The van der Waals surface area contributed by atoms with Gasteiger partial charge in [0.25, 0.3) is 0 Å². The molecule has 4 nitrogen and oxygen atoms in total. The van der Waals surface area contributed by atoms with E-state index in [1.54, 1.807) is 6.07 Å². The van der Waals surface area contributed by atoms with Gasteiger partial charge in [0.05, 0.1) is 16.7 Å². The van der Waals surface area contributed by atoms with Gasteiger partial charge in [0.15, 0.2) is 0 Å². The molecule has 135 valence electrons. The zero-order chi connectivity index (χ0) is 18.2. The van der Waals surface area contributed by atoms with E-state index in [0.29, 0.717) is 5.69 Å². The fourth-order valence-electron chi connectivity index (χ4n) is 3.77. The highest BCUT2D eigenvalue weighted by Gasteiger charge is 2.24. The average molecular weight is 359 g/mol. The number of H-pyrrole nitrogens is 1. The molecule has 1 saturated carbocycles. The van der Waals surface area contributed by atoms with E-state index in [0.717, 1.165) is 49.0 Å². The fourth-order valence-corrected chi connectivity index (χ4v) is 3.77. The van der Waals surface area contributed by atoms with E-state index in [1.165, 1.54) is 5.69 Å². The van der Waals surface area contributed by atoms with Crippen molar-refractivity contribution < 1.29 is 4.39 Å². The summed E-state index contributed by atoms with van der Waals surface area (Å²) in [7, 11) is 0. The lowest BCUT2D eigenvalue weighted by atomic mass is 10.1. The first kappa shape index (κ1) is 16.6. The van der Waals surface area contributed by atoms with Crippen molar-refractivity contribution >= 4 is 22.4 Å². The normalized spacial score (nSPS) is 18.6. The second kappa shape index (κ2) is 6.87. The van der Waals surface area contributed by atoms with Crippen LogP contribution in [-0.4, -0.2) is 36.1 Å². The third kappa shape index (κ3) is 3.15. The molecular weight excluding hydrogens is 339 g/mol. The highest BCUT2D eigenvalue weighted by atomic mass is 19.1. The Morgan fingerprint density at radius 3 is 2.33 bits per heavy atom. The molecule has 0 bridgehead atoms. The van der Waals surface area contributed by atoms with Crippen molar-refractivity contribution in [3.63, 3.8) is 0 Å². The fraction of sp³-hybridized carbons (Fsp3) is 0.182. The third-order valence-electron chi connectivity index (χ3n) is 5.23. The van der Waals surface area contributed by atoms with Crippen molar-refractivity contribution in [3.05, 3.63) is 85.7 Å². The van der Waals surface area contributed by atoms with Crippen LogP contribution in [0.2, 0.25) is 0 Å². The molecular formula is C22H20FN4. The maximum absolute atomic E-state index is 14.8. The van der Waals surface area contributed by atoms with Gasteiger partial charge in [0, 0.05) is 43.9 Å². The summed E-state index contributed by atoms with van der Waals surface area (Å²) >= 11 is 0. The Morgan fingerprint density at radius 1 is 0.889 bits per heavy atom. The molecule has 2 aromatic carbocycles. The van der Waals surface area contributed by atoms with Gasteiger partial charge in [0.1, 0.15) is 11.6 Å². The summed E-state index contributed by atoms with van der Waals surface area (Å²) in [4.78, 5) is 12.3. The highest BCUT2D eigenvalue weighted by molar-refractivity contribution is 5.81. The molecule has 1 N–H and O–H groups in total. The first-order valence-corrected chi connectivity index (χ1v) is 9.24. The Hall–Kier alpha value is -2.56. The van der Waals surface area contributed by atoms with Gasteiger partial charge in [-0.15, -0.1) is 0 Å². The summed E-state index contributed by atoms with van der Waals surface area (Å²) in [6.45, 7) is 3.33. The van der Waals surface area contributed by atoms with Gasteiger partial charge in [-0.25, -0.2) is 9.37 Å². The second-order valence-corrected chi connectivity index (χ2v) is 6.89. The second-order valence-electron chi connectivity index (χ2n) is 6.89. The molecule has 1 aliphatic carbocycles. The number of aromatic amines is 1. The third-order valence-corrected chi connectivity index (χ3v) is 5.23. The summed E-state index contributed by atoms with van der Waals surface area (Å²) < 4.78 is 14.8. The maximum atomic E-state index is 14.8. The van der Waals surface area contributed by atoms with Crippen LogP contribution in [0.3, 0.4) is 0 Å². The number of halogens is 1. The van der Waals surface area contributed by atoms with Gasteiger partial charge in [-0.2, -0.15) is 0 Å². The Kier molecular flexibility index (Phi) is 4.23. The minimum absolute atomic E-state index is 0.201. The number of hydrogen-bond donors (Lipinski definition) is 1. The predicted octanol–water partition coefficient (Wildman–Crippen LogP) is 3.78. The highest BCUT2D eigenvalue weighted by Crippen LogP contribution is 2.32. The lowest BCUT2D eigenvalue weighted by molar-refractivity contribution is 0.599. The van der Waals surface area contributed by atoms with Crippen LogP contribution >= 0.6 is 0 Å². The van der Waals surface area contributed by atoms with Crippen LogP contribution in [0.4, 0.5) is 15.8 Å². The molecule has 1 saturated heterocycles. The van der Waals surface area contributed by atoms with Crippen LogP contribution in [-0.2, 0) is 0 Å². The van der Waals surface area contributed by atoms with Crippen LogP contribution in [0, 0.1) is 37.4 Å². The monoisotopic (exact) mass is 359 g/mol. The summed E-state index contributed by atoms with van der Waals surface area (Å²) in [5, 5.41) is 0. The Morgan fingerprint density at radius 2 is 1.59 bits per heavy atom. The number of piperazine rings is 1. The van der Waals surface area contributed by atoms with Crippen molar-refractivity contribution in [2.24, 2.45) is 0 Å². The van der Waals surface area contributed by atoms with Crippen LogP contribution in [0.5, 0.6) is 0 Å². The molecule has 2 heterocycles. The molecule has 1 aliphatic heterocycles. The molecule has 5 radical (unpaired) electrons. The van der Waals surface area contributed by atoms with Crippen molar-refractivity contribution in [1.82, 2.24) is 9.97 Å². The molecule has 0 amide bonds. The Bertz CT molecular complexity index is 922. The zero-order valence-corrected chi connectivity index (χ0v) is 14.9. The van der Waals surface area contributed by atoms with Crippen LogP contribution in [0.15, 0.2) is 42.5 Å². The smallest absolute Gasteiger partial charge is 0.148 e. The molecule has 0 atom stereocenters. The number of rotatable bonds is 3. The lowest BCUT2D eigenvalue weighted by Crippen LogP contribution is -2.46. The minimum atomic E-state index is -0.201. The Balaban J connectivity index is 1.36. The van der Waals surface area contributed by atoms with E-state index in [-0.39, 0.29) is 5.82 Å². The van der Waals surface area contributed by atoms with Crippen molar-refractivity contribution in [2.45, 2.75) is 0 Å². The number of aromatic nitrogens is 2. The number of fused-ring (bicyclic) bond motifs is 1. The predicted molar refractivity (Wildman–Crippen MR) is 106 cm³/mol. The van der Waals surface area contributed by atoms with Crippen LogP contribution < -0.4 is 9.80 Å². The van der Waals surface area contributed by atoms with Gasteiger partial charge in [-0.1, -0.05) is 18.2 Å². The topological polar surface area (TPSA) is 35.2 Å². The molecule has 2 aliphatic rings. The minimum Gasteiger partial charge on any atom is -0.368 e. The molecule has 0 unspecified atom stereocenters. The van der Waals surface area contributed by atoms with Gasteiger partial charge in [-0.05, 0) is 43.9 Å².